The lowest BCUT2D eigenvalue weighted by molar-refractivity contribution is 0.563. The Morgan fingerprint density at radius 3 is 1.08 bits per heavy atom. The fraction of sp³-hybridized carbons (Fsp3) is 0.0690. The summed E-state index contributed by atoms with van der Waals surface area (Å²) in [6.07, 6.45) is 0. The fourth-order valence-corrected chi connectivity index (χ4v) is 10.2. The lowest BCUT2D eigenvalue weighted by Gasteiger charge is -2.46. The van der Waals surface area contributed by atoms with Crippen LogP contribution in [0.1, 0.15) is 47.2 Å². The van der Waals surface area contributed by atoms with Crippen LogP contribution in [0.25, 0.3) is 44.5 Å². The summed E-state index contributed by atoms with van der Waals surface area (Å²) in [5, 5.41) is 0. The molecule has 9 aromatic rings. The largest absolute Gasteiger partial charge is 0.311 e. The van der Waals surface area contributed by atoms with Crippen LogP contribution in [-0.2, 0) is 10.8 Å². The molecular formula is C58H43N. The third kappa shape index (κ3) is 5.46. The van der Waals surface area contributed by atoms with Crippen LogP contribution in [0.2, 0.25) is 0 Å². The van der Waals surface area contributed by atoms with Crippen LogP contribution in [0, 0.1) is 0 Å². The van der Waals surface area contributed by atoms with Crippen molar-refractivity contribution in [1.82, 2.24) is 0 Å². The van der Waals surface area contributed by atoms with Gasteiger partial charge in [-0.2, -0.15) is 0 Å². The van der Waals surface area contributed by atoms with Crippen molar-refractivity contribution in [3.05, 3.63) is 258 Å². The van der Waals surface area contributed by atoms with Gasteiger partial charge in [-0.3, -0.25) is 0 Å². The maximum absolute atomic E-state index is 2.48. The Balaban J connectivity index is 1.03. The number of nitrogens with zero attached hydrogens (tertiary/aromatic N) is 1. The minimum Gasteiger partial charge on any atom is -0.311 e. The molecule has 1 nitrogen and oxygen atoms in total. The van der Waals surface area contributed by atoms with E-state index in [1.165, 1.54) is 77.9 Å². The highest BCUT2D eigenvalue weighted by atomic mass is 15.1. The van der Waals surface area contributed by atoms with E-state index < -0.39 is 5.41 Å². The molecule has 2 aliphatic rings. The molecular weight excluding hydrogens is 711 g/mol. The summed E-state index contributed by atoms with van der Waals surface area (Å²) in [6, 6.07) is 82.8. The number of fused-ring (bicyclic) bond motifs is 9. The molecule has 1 heteroatoms. The first-order chi connectivity index (χ1) is 29.0. The molecule has 0 atom stereocenters. The second-order valence-electron chi connectivity index (χ2n) is 16.5. The molecule has 11 rings (SSSR count). The van der Waals surface area contributed by atoms with Gasteiger partial charge in [-0.1, -0.05) is 196 Å². The van der Waals surface area contributed by atoms with Crippen molar-refractivity contribution in [3.8, 4) is 44.5 Å². The predicted molar refractivity (Wildman–Crippen MR) is 247 cm³/mol. The van der Waals surface area contributed by atoms with E-state index in [1.807, 2.05) is 0 Å². The van der Waals surface area contributed by atoms with Crippen molar-refractivity contribution in [1.29, 1.82) is 0 Å². The standard InChI is InChI=1S/C58H43N/c1-57(2)52-21-11-13-23-54(52)58(55-24-14-12-22-53(55)57)51-20-10-9-19-49(51)50-38-31-45(39-56(50)58)44-29-36-48(37-30-44)59(46-32-25-42(26-33-46)40-15-5-3-6-16-40)47-34-27-43(28-35-47)41-17-7-4-8-18-41/h3-39H,1-2H3. The summed E-state index contributed by atoms with van der Waals surface area (Å²) in [6.45, 7) is 4.77. The summed E-state index contributed by atoms with van der Waals surface area (Å²) >= 11 is 0. The van der Waals surface area contributed by atoms with Crippen LogP contribution >= 0.6 is 0 Å². The van der Waals surface area contributed by atoms with Gasteiger partial charge in [0, 0.05) is 22.5 Å². The van der Waals surface area contributed by atoms with Gasteiger partial charge in [0.15, 0.2) is 0 Å². The van der Waals surface area contributed by atoms with E-state index in [-0.39, 0.29) is 5.41 Å². The van der Waals surface area contributed by atoms with E-state index in [9.17, 15) is 0 Å². The quantitative estimate of drug-likeness (QED) is 0.163. The molecule has 0 unspecified atom stereocenters. The average Bonchev–Trinajstić information content (AvgIpc) is 3.60. The molecule has 0 N–H and O–H groups in total. The monoisotopic (exact) mass is 753 g/mol. The molecule has 0 saturated heterocycles. The van der Waals surface area contributed by atoms with Crippen molar-refractivity contribution >= 4 is 17.1 Å². The minimum atomic E-state index is -0.417. The minimum absolute atomic E-state index is 0.126. The first-order valence-electron chi connectivity index (χ1n) is 20.7. The van der Waals surface area contributed by atoms with Crippen LogP contribution in [0.5, 0.6) is 0 Å². The first kappa shape index (κ1) is 35.0. The van der Waals surface area contributed by atoms with Gasteiger partial charge in [-0.05, 0) is 120 Å². The van der Waals surface area contributed by atoms with Gasteiger partial charge in [0.05, 0.1) is 5.41 Å². The Labute approximate surface area is 347 Å². The zero-order valence-electron chi connectivity index (χ0n) is 33.3. The lowest BCUT2D eigenvalue weighted by Crippen LogP contribution is -2.40. The van der Waals surface area contributed by atoms with Gasteiger partial charge in [0.2, 0.25) is 0 Å². The lowest BCUT2D eigenvalue weighted by atomic mass is 9.55. The van der Waals surface area contributed by atoms with Gasteiger partial charge in [-0.15, -0.1) is 0 Å². The van der Waals surface area contributed by atoms with E-state index in [1.54, 1.807) is 0 Å². The Morgan fingerprint density at radius 2 is 0.610 bits per heavy atom. The van der Waals surface area contributed by atoms with Crippen molar-refractivity contribution in [2.24, 2.45) is 0 Å². The molecule has 0 amide bonds. The number of hydrogen-bond acceptors (Lipinski definition) is 1. The highest BCUT2D eigenvalue weighted by molar-refractivity contribution is 5.90. The van der Waals surface area contributed by atoms with Gasteiger partial charge in [0.1, 0.15) is 0 Å². The molecule has 0 bridgehead atoms. The summed E-state index contributed by atoms with van der Waals surface area (Å²) in [7, 11) is 0. The Hall–Kier alpha value is -7.22. The fourth-order valence-electron chi connectivity index (χ4n) is 10.2. The van der Waals surface area contributed by atoms with Crippen molar-refractivity contribution < 1.29 is 0 Å². The normalized spacial score (nSPS) is 13.9. The molecule has 0 aliphatic heterocycles. The van der Waals surface area contributed by atoms with E-state index in [0.29, 0.717) is 0 Å². The van der Waals surface area contributed by atoms with Gasteiger partial charge in [0.25, 0.3) is 0 Å². The van der Waals surface area contributed by atoms with E-state index in [4.69, 9.17) is 0 Å². The highest BCUT2D eigenvalue weighted by Gasteiger charge is 2.53. The summed E-state index contributed by atoms with van der Waals surface area (Å²) in [4.78, 5) is 2.36. The van der Waals surface area contributed by atoms with Crippen LogP contribution in [-0.4, -0.2) is 0 Å². The van der Waals surface area contributed by atoms with Crippen molar-refractivity contribution in [3.63, 3.8) is 0 Å². The molecule has 0 fully saturated rings. The van der Waals surface area contributed by atoms with Gasteiger partial charge < -0.3 is 4.90 Å². The Kier molecular flexibility index (Phi) is 8.13. The molecule has 0 heterocycles. The molecule has 59 heavy (non-hydrogen) atoms. The Morgan fingerprint density at radius 1 is 0.271 bits per heavy atom. The molecule has 2 aliphatic carbocycles. The van der Waals surface area contributed by atoms with Crippen molar-refractivity contribution in [2.45, 2.75) is 24.7 Å². The zero-order valence-corrected chi connectivity index (χ0v) is 33.3. The predicted octanol–water partition coefficient (Wildman–Crippen LogP) is 15.2. The second-order valence-corrected chi connectivity index (χ2v) is 16.5. The van der Waals surface area contributed by atoms with Crippen LogP contribution in [0.4, 0.5) is 17.1 Å². The number of hydrogen-bond donors (Lipinski definition) is 0. The third-order valence-corrected chi connectivity index (χ3v) is 13.0. The number of anilines is 3. The van der Waals surface area contributed by atoms with Crippen molar-refractivity contribution in [2.75, 3.05) is 4.90 Å². The van der Waals surface area contributed by atoms with Gasteiger partial charge >= 0.3 is 0 Å². The summed E-state index contributed by atoms with van der Waals surface area (Å²) in [5.74, 6) is 0. The number of rotatable bonds is 6. The molecule has 0 saturated carbocycles. The Bertz CT molecular complexity index is 2840. The molecule has 9 aromatic carbocycles. The maximum atomic E-state index is 2.48. The number of benzene rings is 9. The third-order valence-electron chi connectivity index (χ3n) is 13.0. The smallest absolute Gasteiger partial charge is 0.0719 e. The van der Waals surface area contributed by atoms with Crippen LogP contribution < -0.4 is 4.90 Å². The SMILES string of the molecule is CC1(C)c2ccccc2C2(c3ccccc3-c3ccc(-c4ccc(N(c5ccc(-c6ccccc6)cc5)c5ccc(-c6ccccc6)cc5)cc4)cc32)c2ccccc21. The summed E-state index contributed by atoms with van der Waals surface area (Å²) in [5.41, 5.74) is 20.9. The highest BCUT2D eigenvalue weighted by Crippen LogP contribution is 2.62. The molecule has 280 valence electrons. The van der Waals surface area contributed by atoms with Crippen LogP contribution in [0.3, 0.4) is 0 Å². The topological polar surface area (TPSA) is 3.24 Å². The summed E-state index contributed by atoms with van der Waals surface area (Å²) < 4.78 is 0. The average molecular weight is 754 g/mol. The van der Waals surface area contributed by atoms with E-state index in [2.05, 4.69) is 243 Å². The molecule has 0 radical (unpaired) electrons. The maximum Gasteiger partial charge on any atom is 0.0719 e. The van der Waals surface area contributed by atoms with Crippen LogP contribution in [0.15, 0.2) is 224 Å². The zero-order chi connectivity index (χ0) is 39.6. The van der Waals surface area contributed by atoms with Gasteiger partial charge in [-0.25, -0.2) is 0 Å². The molecule has 0 aromatic heterocycles. The van der Waals surface area contributed by atoms with E-state index in [0.717, 1.165) is 17.1 Å². The molecule has 1 spiro atoms. The van der Waals surface area contributed by atoms with E-state index >= 15 is 0 Å². The second kappa shape index (κ2) is 13.7. The first-order valence-corrected chi connectivity index (χ1v) is 20.7.